The highest BCUT2D eigenvalue weighted by molar-refractivity contribution is 5.98. The second-order valence-corrected chi connectivity index (χ2v) is 6.99. The predicted molar refractivity (Wildman–Crippen MR) is 87.8 cm³/mol. The van der Waals surface area contributed by atoms with Gasteiger partial charge in [-0.1, -0.05) is 24.3 Å². The first-order valence-corrected chi connectivity index (χ1v) is 8.02. The second-order valence-electron chi connectivity index (χ2n) is 6.99. The molecule has 0 spiro atoms. The highest BCUT2D eigenvalue weighted by atomic mass is 16.3. The number of anilines is 1. The third-order valence-electron chi connectivity index (χ3n) is 5.27. The maximum atomic E-state index is 10.4. The number of benzene rings is 2. The fourth-order valence-electron chi connectivity index (χ4n) is 4.46. The zero-order valence-corrected chi connectivity index (χ0v) is 12.8. The highest BCUT2D eigenvalue weighted by Gasteiger charge is 2.45. The van der Waals surface area contributed by atoms with E-state index < -0.39 is 5.60 Å². The summed E-state index contributed by atoms with van der Waals surface area (Å²) >= 11 is 0. The van der Waals surface area contributed by atoms with Crippen LogP contribution in [0.2, 0.25) is 0 Å². The van der Waals surface area contributed by atoms with Crippen molar-refractivity contribution in [3.8, 4) is 6.07 Å². The van der Waals surface area contributed by atoms with Crippen molar-refractivity contribution in [3.05, 3.63) is 42.0 Å². The molecule has 2 bridgehead atoms. The molecule has 0 aromatic heterocycles. The zero-order chi connectivity index (χ0) is 15.3. The number of rotatable bonds is 1. The van der Waals surface area contributed by atoms with Gasteiger partial charge in [0.05, 0.1) is 17.2 Å². The fourth-order valence-corrected chi connectivity index (χ4v) is 4.46. The highest BCUT2D eigenvalue weighted by Crippen LogP contribution is 2.45. The molecule has 22 heavy (non-hydrogen) atoms. The molecular formula is C19H20N2O. The molecule has 4 rings (SSSR count). The molecule has 1 N–H and O–H groups in total. The van der Waals surface area contributed by atoms with Gasteiger partial charge in [-0.05, 0) is 44.7 Å². The van der Waals surface area contributed by atoms with Crippen LogP contribution in [0.4, 0.5) is 5.69 Å². The van der Waals surface area contributed by atoms with Crippen LogP contribution in [0, 0.1) is 11.3 Å². The van der Waals surface area contributed by atoms with E-state index in [-0.39, 0.29) is 0 Å². The molecule has 0 amide bonds. The lowest BCUT2D eigenvalue weighted by atomic mass is 9.87. The van der Waals surface area contributed by atoms with E-state index in [1.54, 1.807) is 0 Å². The monoisotopic (exact) mass is 292 g/mol. The molecule has 2 aromatic rings. The first kappa shape index (κ1) is 13.6. The summed E-state index contributed by atoms with van der Waals surface area (Å²) in [6.07, 6.45) is 3.96. The van der Waals surface area contributed by atoms with Crippen LogP contribution in [0.5, 0.6) is 0 Å². The average Bonchev–Trinajstić information content (AvgIpc) is 2.78. The van der Waals surface area contributed by atoms with E-state index in [0.29, 0.717) is 12.1 Å². The standard InChI is InChI=1S/C19H20N2O/c1-19(22)10-14-7-8-15(11-19)21(14)18-9-6-13(12-20)16-4-2-3-5-17(16)18/h2-6,9,14-15,22H,7-8,10-11H2,1H3. The number of aliphatic hydroxyl groups is 1. The lowest BCUT2D eigenvalue weighted by molar-refractivity contribution is 0.0200. The van der Waals surface area contributed by atoms with E-state index in [9.17, 15) is 10.4 Å². The van der Waals surface area contributed by atoms with Crippen LogP contribution in [-0.4, -0.2) is 22.8 Å². The minimum atomic E-state index is -0.537. The maximum Gasteiger partial charge on any atom is 0.0998 e. The van der Waals surface area contributed by atoms with E-state index in [2.05, 4.69) is 23.1 Å². The Kier molecular flexibility index (Phi) is 2.92. The van der Waals surface area contributed by atoms with Crippen LogP contribution in [0.25, 0.3) is 10.8 Å². The Balaban J connectivity index is 1.85. The Morgan fingerprint density at radius 3 is 2.36 bits per heavy atom. The summed E-state index contributed by atoms with van der Waals surface area (Å²) in [6, 6.07) is 15.3. The fraction of sp³-hybridized carbons (Fsp3) is 0.421. The van der Waals surface area contributed by atoms with E-state index >= 15 is 0 Å². The quantitative estimate of drug-likeness (QED) is 0.873. The number of hydrogen-bond acceptors (Lipinski definition) is 3. The summed E-state index contributed by atoms with van der Waals surface area (Å²) in [5.74, 6) is 0. The summed E-state index contributed by atoms with van der Waals surface area (Å²) in [6.45, 7) is 1.96. The van der Waals surface area contributed by atoms with Gasteiger partial charge in [-0.2, -0.15) is 5.26 Å². The van der Waals surface area contributed by atoms with Crippen molar-refractivity contribution in [2.75, 3.05) is 4.90 Å². The summed E-state index contributed by atoms with van der Waals surface area (Å²) in [7, 11) is 0. The number of piperidine rings is 1. The van der Waals surface area contributed by atoms with Crippen molar-refractivity contribution in [3.63, 3.8) is 0 Å². The van der Waals surface area contributed by atoms with Gasteiger partial charge in [0.15, 0.2) is 0 Å². The molecule has 2 aliphatic heterocycles. The topological polar surface area (TPSA) is 47.3 Å². The van der Waals surface area contributed by atoms with Crippen LogP contribution in [-0.2, 0) is 0 Å². The normalized spacial score (nSPS) is 30.5. The lowest BCUT2D eigenvalue weighted by Gasteiger charge is -2.44. The number of nitriles is 1. The third-order valence-corrected chi connectivity index (χ3v) is 5.27. The summed E-state index contributed by atoms with van der Waals surface area (Å²) in [5.41, 5.74) is 1.42. The van der Waals surface area contributed by atoms with Gasteiger partial charge in [0.25, 0.3) is 0 Å². The molecule has 3 heteroatoms. The summed E-state index contributed by atoms with van der Waals surface area (Å²) in [4.78, 5) is 2.50. The molecule has 2 heterocycles. The Hall–Kier alpha value is -2.05. The molecule has 112 valence electrons. The van der Waals surface area contributed by atoms with E-state index in [1.807, 2.05) is 31.2 Å². The van der Waals surface area contributed by atoms with Crippen molar-refractivity contribution >= 4 is 16.5 Å². The van der Waals surface area contributed by atoms with Gasteiger partial charge in [-0.25, -0.2) is 0 Å². The van der Waals surface area contributed by atoms with E-state index in [1.165, 1.54) is 5.69 Å². The van der Waals surface area contributed by atoms with Crippen LogP contribution in [0.15, 0.2) is 36.4 Å². The van der Waals surface area contributed by atoms with Crippen LogP contribution >= 0.6 is 0 Å². The molecule has 3 nitrogen and oxygen atoms in total. The minimum absolute atomic E-state index is 0.407. The molecule has 0 saturated carbocycles. The van der Waals surface area contributed by atoms with Gasteiger partial charge < -0.3 is 10.0 Å². The van der Waals surface area contributed by atoms with Crippen LogP contribution in [0.1, 0.15) is 38.2 Å². The first-order chi connectivity index (χ1) is 10.6. The molecular weight excluding hydrogens is 272 g/mol. The predicted octanol–water partition coefficient (Wildman–Crippen LogP) is 3.59. The van der Waals surface area contributed by atoms with Crippen molar-refractivity contribution in [2.45, 2.75) is 50.3 Å². The maximum absolute atomic E-state index is 10.4. The van der Waals surface area contributed by atoms with Crippen LogP contribution < -0.4 is 4.90 Å². The smallest absolute Gasteiger partial charge is 0.0998 e. The van der Waals surface area contributed by atoms with Gasteiger partial charge in [0.2, 0.25) is 0 Å². The van der Waals surface area contributed by atoms with Gasteiger partial charge in [0.1, 0.15) is 0 Å². The van der Waals surface area contributed by atoms with Gasteiger partial charge in [0, 0.05) is 28.5 Å². The Bertz CT molecular complexity index is 759. The molecule has 2 atom stereocenters. The number of fused-ring (bicyclic) bond motifs is 3. The van der Waals surface area contributed by atoms with Crippen molar-refractivity contribution in [1.29, 1.82) is 5.26 Å². The van der Waals surface area contributed by atoms with E-state index in [0.717, 1.165) is 42.0 Å². The lowest BCUT2D eigenvalue weighted by Crippen LogP contribution is -2.49. The Labute approximate surface area is 130 Å². The van der Waals surface area contributed by atoms with Gasteiger partial charge >= 0.3 is 0 Å². The molecule has 2 aliphatic rings. The second kappa shape index (κ2) is 4.72. The molecule has 0 radical (unpaired) electrons. The van der Waals surface area contributed by atoms with E-state index in [4.69, 9.17) is 0 Å². The number of nitrogens with zero attached hydrogens (tertiary/aromatic N) is 2. The zero-order valence-electron chi connectivity index (χ0n) is 12.8. The average molecular weight is 292 g/mol. The third kappa shape index (κ3) is 1.99. The minimum Gasteiger partial charge on any atom is -0.390 e. The molecule has 0 aliphatic carbocycles. The van der Waals surface area contributed by atoms with Gasteiger partial charge in [-0.3, -0.25) is 0 Å². The molecule has 2 fully saturated rings. The van der Waals surface area contributed by atoms with Crippen LogP contribution in [0.3, 0.4) is 0 Å². The largest absolute Gasteiger partial charge is 0.390 e. The SMILES string of the molecule is CC1(O)CC2CCC(C1)N2c1ccc(C#N)c2ccccc12. The summed E-state index contributed by atoms with van der Waals surface area (Å²) in [5, 5.41) is 22.0. The molecule has 2 saturated heterocycles. The van der Waals surface area contributed by atoms with Gasteiger partial charge in [-0.15, -0.1) is 0 Å². The molecule has 2 aromatic carbocycles. The Morgan fingerprint density at radius 1 is 1.09 bits per heavy atom. The van der Waals surface area contributed by atoms with Crippen molar-refractivity contribution in [2.24, 2.45) is 0 Å². The number of hydrogen-bond donors (Lipinski definition) is 1. The first-order valence-electron chi connectivity index (χ1n) is 8.02. The van der Waals surface area contributed by atoms with Crippen molar-refractivity contribution < 1.29 is 5.11 Å². The Morgan fingerprint density at radius 2 is 1.73 bits per heavy atom. The van der Waals surface area contributed by atoms with Crippen molar-refractivity contribution in [1.82, 2.24) is 0 Å². The summed E-state index contributed by atoms with van der Waals surface area (Å²) < 4.78 is 0. The molecule has 2 unspecified atom stereocenters.